The van der Waals surface area contributed by atoms with Crippen LogP contribution in [-0.2, 0) is 18.7 Å². The van der Waals surface area contributed by atoms with E-state index in [1.807, 2.05) is 0 Å². The third-order valence-electron chi connectivity index (χ3n) is 6.59. The van der Waals surface area contributed by atoms with Crippen molar-refractivity contribution in [2.75, 3.05) is 19.8 Å². The number of hydrogen-bond acceptors (Lipinski definition) is 4. The molecule has 0 spiro atoms. The van der Waals surface area contributed by atoms with Crippen molar-refractivity contribution >= 4 is 14.1 Å². The van der Waals surface area contributed by atoms with Crippen LogP contribution in [0.15, 0.2) is 11.6 Å². The first kappa shape index (κ1) is 22.8. The van der Waals surface area contributed by atoms with E-state index in [0.29, 0.717) is 26.2 Å². The number of hydrogen-bond donors (Lipinski definition) is 0. The Morgan fingerprint density at radius 3 is 2.22 bits per heavy atom. The molecule has 0 aromatic rings. The van der Waals surface area contributed by atoms with E-state index < -0.39 is 8.32 Å². The summed E-state index contributed by atoms with van der Waals surface area (Å²) in [5.74, 6) is 0.119. The molecule has 1 aliphatic heterocycles. The first-order chi connectivity index (χ1) is 12.1. The van der Waals surface area contributed by atoms with Gasteiger partial charge in [-0.3, -0.25) is 4.79 Å². The lowest BCUT2D eigenvalue weighted by atomic mass is 9.67. The lowest BCUT2D eigenvalue weighted by Crippen LogP contribution is -2.45. The van der Waals surface area contributed by atoms with E-state index in [0.717, 1.165) is 12.0 Å². The molecule has 1 aliphatic carbocycles. The number of carbonyl (C=O) groups is 1. The Kier molecular flexibility index (Phi) is 6.53. The van der Waals surface area contributed by atoms with Crippen molar-refractivity contribution < 1.29 is 18.7 Å². The summed E-state index contributed by atoms with van der Waals surface area (Å²) >= 11 is 0. The summed E-state index contributed by atoms with van der Waals surface area (Å²) in [6, 6.07) is 0. The highest BCUT2D eigenvalue weighted by atomic mass is 28.4. The smallest absolute Gasteiger partial charge is 0.192 e. The molecule has 0 radical (unpaired) electrons. The molecule has 2 rings (SSSR count). The van der Waals surface area contributed by atoms with E-state index in [4.69, 9.17) is 13.9 Å². The summed E-state index contributed by atoms with van der Waals surface area (Å²) < 4.78 is 18.2. The van der Waals surface area contributed by atoms with Crippen LogP contribution in [0.1, 0.15) is 61.3 Å². The third-order valence-corrected chi connectivity index (χ3v) is 11.1. The van der Waals surface area contributed by atoms with Crippen LogP contribution in [0.5, 0.6) is 0 Å². The quantitative estimate of drug-likeness (QED) is 0.589. The summed E-state index contributed by atoms with van der Waals surface area (Å²) in [5.41, 5.74) is 0.794. The van der Waals surface area contributed by atoms with Gasteiger partial charge >= 0.3 is 0 Å². The van der Waals surface area contributed by atoms with Gasteiger partial charge in [0, 0.05) is 23.3 Å². The fourth-order valence-electron chi connectivity index (χ4n) is 3.29. The van der Waals surface area contributed by atoms with Crippen molar-refractivity contribution in [2.45, 2.75) is 85.7 Å². The second-order valence-corrected chi connectivity index (χ2v) is 16.1. The molecule has 0 N–H and O–H groups in total. The minimum Gasteiger partial charge on any atom is -0.412 e. The molecule has 4 nitrogen and oxygen atoms in total. The number of allylic oxidation sites excluding steroid dienone is 1. The molecule has 0 aromatic carbocycles. The second-order valence-electron chi connectivity index (χ2n) is 11.3. The first-order valence-electron chi connectivity index (χ1n) is 10.3. The van der Waals surface area contributed by atoms with Gasteiger partial charge in [-0.15, -0.1) is 0 Å². The lowest BCUT2D eigenvalue weighted by molar-refractivity contribution is -0.230. The maximum atomic E-state index is 13.3. The molecule has 5 heteroatoms. The van der Waals surface area contributed by atoms with Crippen LogP contribution >= 0.6 is 0 Å². The molecule has 1 atom stereocenters. The minimum absolute atomic E-state index is 0.0463. The van der Waals surface area contributed by atoms with Crippen LogP contribution in [0.4, 0.5) is 0 Å². The standard InChI is InChI=1S/C22H40O4Si/c1-20(2,3)27(8,9)26-13-16-10-11-22(6,7)17(19(16)23)12-18-24-14-21(4,5)15-25-18/h10,17-18H,11-15H2,1-9H3/t17-/m0/s1. The largest absolute Gasteiger partial charge is 0.412 e. The maximum Gasteiger partial charge on any atom is 0.192 e. The van der Waals surface area contributed by atoms with Gasteiger partial charge in [-0.25, -0.2) is 0 Å². The van der Waals surface area contributed by atoms with Gasteiger partial charge in [0.15, 0.2) is 20.4 Å². The molecule has 27 heavy (non-hydrogen) atoms. The van der Waals surface area contributed by atoms with E-state index in [9.17, 15) is 4.79 Å². The lowest BCUT2D eigenvalue weighted by Gasteiger charge is -2.42. The fraction of sp³-hybridized carbons (Fsp3) is 0.864. The van der Waals surface area contributed by atoms with Gasteiger partial charge in [0.1, 0.15) is 0 Å². The van der Waals surface area contributed by atoms with Crippen molar-refractivity contribution in [2.24, 2.45) is 16.7 Å². The molecule has 0 unspecified atom stereocenters. The molecule has 1 saturated heterocycles. The van der Waals surface area contributed by atoms with Gasteiger partial charge in [-0.05, 0) is 30.0 Å². The molecule has 0 aromatic heterocycles. The van der Waals surface area contributed by atoms with Gasteiger partial charge in [0.25, 0.3) is 0 Å². The summed E-state index contributed by atoms with van der Waals surface area (Å²) in [6.45, 7) is 21.5. The van der Waals surface area contributed by atoms with Crippen LogP contribution < -0.4 is 0 Å². The van der Waals surface area contributed by atoms with Crippen LogP contribution in [0.3, 0.4) is 0 Å². The minimum atomic E-state index is -1.88. The monoisotopic (exact) mass is 396 g/mol. The Balaban J connectivity index is 2.04. The predicted molar refractivity (Wildman–Crippen MR) is 112 cm³/mol. The molecular weight excluding hydrogens is 356 g/mol. The highest BCUT2D eigenvalue weighted by Gasteiger charge is 2.43. The Labute approximate surface area is 167 Å². The first-order valence-corrected chi connectivity index (χ1v) is 13.2. The zero-order valence-electron chi connectivity index (χ0n) is 18.9. The number of Topliss-reactive ketones (excluding diaryl/α,β-unsaturated/α-hetero) is 1. The molecule has 0 bridgehead atoms. The fourth-order valence-corrected chi connectivity index (χ4v) is 4.24. The van der Waals surface area contributed by atoms with Crippen LogP contribution in [0, 0.1) is 16.7 Å². The number of carbonyl (C=O) groups excluding carboxylic acids is 1. The Morgan fingerprint density at radius 1 is 1.15 bits per heavy atom. The highest BCUT2D eigenvalue weighted by Crippen LogP contribution is 2.43. The number of rotatable bonds is 5. The summed E-state index contributed by atoms with van der Waals surface area (Å²) in [7, 11) is -1.88. The maximum absolute atomic E-state index is 13.3. The van der Waals surface area contributed by atoms with Crippen LogP contribution in [0.25, 0.3) is 0 Å². The SMILES string of the molecule is CC1(C)COC(C[C@H]2C(=O)C(CO[Si](C)(C)C(C)(C)C)=CCC2(C)C)OC1. The van der Waals surface area contributed by atoms with Crippen molar-refractivity contribution in [1.29, 1.82) is 0 Å². The molecule has 0 saturated carbocycles. The molecule has 2 aliphatic rings. The molecule has 1 heterocycles. The zero-order chi connectivity index (χ0) is 20.7. The second kappa shape index (κ2) is 7.73. The summed E-state index contributed by atoms with van der Waals surface area (Å²) in [5, 5.41) is 0.139. The topological polar surface area (TPSA) is 44.8 Å². The molecular formula is C22H40O4Si. The average molecular weight is 397 g/mol. The van der Waals surface area contributed by atoms with E-state index in [1.54, 1.807) is 0 Å². The van der Waals surface area contributed by atoms with Gasteiger partial charge in [0.2, 0.25) is 0 Å². The summed E-state index contributed by atoms with van der Waals surface area (Å²) in [4.78, 5) is 13.3. The molecule has 1 fully saturated rings. The van der Waals surface area contributed by atoms with Gasteiger partial charge in [-0.2, -0.15) is 0 Å². The van der Waals surface area contributed by atoms with Crippen molar-refractivity contribution in [3.63, 3.8) is 0 Å². The normalized spacial score (nSPS) is 26.8. The van der Waals surface area contributed by atoms with Crippen molar-refractivity contribution in [1.82, 2.24) is 0 Å². The highest BCUT2D eigenvalue weighted by molar-refractivity contribution is 6.74. The Bertz CT molecular complexity index is 574. The van der Waals surface area contributed by atoms with Crippen LogP contribution in [0.2, 0.25) is 18.1 Å². The Morgan fingerprint density at radius 2 is 1.70 bits per heavy atom. The zero-order valence-corrected chi connectivity index (χ0v) is 19.9. The van der Waals surface area contributed by atoms with Gasteiger partial charge in [0.05, 0.1) is 19.8 Å². The van der Waals surface area contributed by atoms with Gasteiger partial charge in [-0.1, -0.05) is 54.5 Å². The third kappa shape index (κ3) is 5.53. The molecule has 156 valence electrons. The van der Waals surface area contributed by atoms with E-state index >= 15 is 0 Å². The van der Waals surface area contributed by atoms with Crippen molar-refractivity contribution in [3.8, 4) is 0 Å². The van der Waals surface area contributed by atoms with Gasteiger partial charge < -0.3 is 13.9 Å². The summed E-state index contributed by atoms with van der Waals surface area (Å²) in [6.07, 6.45) is 3.32. The Hall–Kier alpha value is -0.493. The number of ketones is 1. The molecule has 0 amide bonds. The van der Waals surface area contributed by atoms with E-state index in [1.165, 1.54) is 0 Å². The van der Waals surface area contributed by atoms with Crippen LogP contribution in [-0.4, -0.2) is 40.2 Å². The van der Waals surface area contributed by atoms with E-state index in [-0.39, 0.29) is 33.9 Å². The average Bonchev–Trinajstić information content (AvgIpc) is 2.51. The predicted octanol–water partition coefficient (Wildman–Crippen LogP) is 5.34. The number of ether oxygens (including phenoxy) is 2. The van der Waals surface area contributed by atoms with E-state index in [2.05, 4.69) is 67.6 Å². The van der Waals surface area contributed by atoms with Crippen molar-refractivity contribution in [3.05, 3.63) is 11.6 Å².